The summed E-state index contributed by atoms with van der Waals surface area (Å²) in [5.41, 5.74) is 4.06. The van der Waals surface area contributed by atoms with E-state index in [1.54, 1.807) is 0 Å². The van der Waals surface area contributed by atoms with Crippen molar-refractivity contribution in [1.82, 2.24) is 9.97 Å². The molecule has 0 aliphatic carbocycles. The van der Waals surface area contributed by atoms with Gasteiger partial charge in [-0.2, -0.15) is 0 Å². The van der Waals surface area contributed by atoms with E-state index in [-0.39, 0.29) is 18.2 Å². The predicted octanol–water partition coefficient (Wildman–Crippen LogP) is 5.73. The highest BCUT2D eigenvalue weighted by Crippen LogP contribution is 2.27. The number of thiazole rings is 2. The number of rotatable bonds is 6. The van der Waals surface area contributed by atoms with E-state index in [0.29, 0.717) is 15.8 Å². The zero-order valence-corrected chi connectivity index (χ0v) is 18.8. The van der Waals surface area contributed by atoms with E-state index >= 15 is 0 Å². The number of amides is 2. The Bertz CT molecular complexity index is 1220. The summed E-state index contributed by atoms with van der Waals surface area (Å²) in [6, 6.07) is 14.8. The number of halogens is 1. The third-order valence-electron chi connectivity index (χ3n) is 4.24. The maximum atomic E-state index is 12.4. The number of aromatic nitrogens is 2. The first kappa shape index (κ1) is 21.2. The summed E-state index contributed by atoms with van der Waals surface area (Å²) in [5.74, 6) is -0.290. The van der Waals surface area contributed by atoms with Crippen LogP contribution in [0.3, 0.4) is 0 Å². The maximum Gasteiger partial charge on any atom is 0.232 e. The maximum absolute atomic E-state index is 12.4. The van der Waals surface area contributed by atoms with Crippen molar-refractivity contribution in [2.75, 3.05) is 10.6 Å². The van der Waals surface area contributed by atoms with Gasteiger partial charge < -0.3 is 10.6 Å². The van der Waals surface area contributed by atoms with Crippen LogP contribution in [0, 0.1) is 0 Å². The molecule has 2 aromatic carbocycles. The lowest BCUT2D eigenvalue weighted by Gasteiger charge is -2.03. The number of hydrogen-bond acceptors (Lipinski definition) is 6. The molecule has 156 valence electrons. The van der Waals surface area contributed by atoms with E-state index in [2.05, 4.69) is 20.6 Å². The summed E-state index contributed by atoms with van der Waals surface area (Å²) >= 11 is 8.77. The first-order valence-electron chi connectivity index (χ1n) is 9.30. The van der Waals surface area contributed by atoms with Crippen LogP contribution in [0.1, 0.15) is 12.6 Å². The highest BCUT2D eigenvalue weighted by Gasteiger charge is 2.12. The van der Waals surface area contributed by atoms with Gasteiger partial charge in [-0.3, -0.25) is 9.59 Å². The first-order valence-corrected chi connectivity index (χ1v) is 11.4. The van der Waals surface area contributed by atoms with Crippen molar-refractivity contribution in [1.29, 1.82) is 0 Å². The molecule has 0 atom stereocenters. The van der Waals surface area contributed by atoms with Crippen LogP contribution in [0.25, 0.3) is 21.8 Å². The second-order valence-electron chi connectivity index (χ2n) is 6.67. The van der Waals surface area contributed by atoms with Gasteiger partial charge in [0, 0.05) is 39.5 Å². The van der Waals surface area contributed by atoms with Crippen molar-refractivity contribution in [2.45, 2.75) is 13.3 Å². The summed E-state index contributed by atoms with van der Waals surface area (Å²) in [5, 5.41) is 11.4. The lowest BCUT2D eigenvalue weighted by atomic mass is 10.1. The van der Waals surface area contributed by atoms with Gasteiger partial charge in [0.2, 0.25) is 11.8 Å². The normalized spacial score (nSPS) is 10.6. The lowest BCUT2D eigenvalue weighted by Crippen LogP contribution is -2.14. The van der Waals surface area contributed by atoms with Crippen molar-refractivity contribution < 1.29 is 9.59 Å². The lowest BCUT2D eigenvalue weighted by molar-refractivity contribution is -0.116. The zero-order valence-electron chi connectivity index (χ0n) is 16.4. The molecule has 0 bridgehead atoms. The van der Waals surface area contributed by atoms with Crippen LogP contribution in [-0.2, 0) is 16.0 Å². The van der Waals surface area contributed by atoms with Crippen LogP contribution in [0.15, 0.2) is 59.3 Å². The number of anilines is 2. The fraction of sp³-hybridized carbons (Fsp3) is 0.0909. The molecule has 2 aromatic heterocycles. The molecule has 0 aliphatic rings. The molecule has 0 saturated heterocycles. The minimum Gasteiger partial charge on any atom is -0.326 e. The van der Waals surface area contributed by atoms with Crippen molar-refractivity contribution in [3.63, 3.8) is 0 Å². The molecule has 2 heterocycles. The van der Waals surface area contributed by atoms with Gasteiger partial charge in [-0.15, -0.1) is 22.7 Å². The van der Waals surface area contributed by atoms with Gasteiger partial charge in [0.15, 0.2) is 5.13 Å². The Balaban J connectivity index is 1.37. The molecule has 0 radical (unpaired) electrons. The Hall–Kier alpha value is -3.07. The van der Waals surface area contributed by atoms with Crippen LogP contribution in [0.4, 0.5) is 10.8 Å². The zero-order chi connectivity index (χ0) is 21.8. The molecular formula is C22H17ClN4O2S2. The van der Waals surface area contributed by atoms with E-state index in [9.17, 15) is 9.59 Å². The van der Waals surface area contributed by atoms with E-state index in [1.807, 2.05) is 59.3 Å². The molecule has 0 spiro atoms. The molecule has 0 saturated carbocycles. The number of nitrogens with one attached hydrogen (secondary N) is 2. The molecular weight excluding hydrogens is 452 g/mol. The van der Waals surface area contributed by atoms with Gasteiger partial charge >= 0.3 is 0 Å². The Morgan fingerprint density at radius 2 is 1.61 bits per heavy atom. The van der Waals surface area contributed by atoms with Crippen molar-refractivity contribution in [3.8, 4) is 21.8 Å². The topological polar surface area (TPSA) is 84.0 Å². The van der Waals surface area contributed by atoms with Crippen LogP contribution in [0.5, 0.6) is 0 Å². The number of hydrogen-bond donors (Lipinski definition) is 2. The molecule has 9 heteroatoms. The number of carbonyl (C=O) groups excluding carboxylic acids is 2. The third-order valence-corrected chi connectivity index (χ3v) is 6.19. The largest absolute Gasteiger partial charge is 0.326 e. The van der Waals surface area contributed by atoms with Crippen LogP contribution in [0.2, 0.25) is 5.02 Å². The van der Waals surface area contributed by atoms with Crippen molar-refractivity contribution in [3.05, 3.63) is 70.0 Å². The highest BCUT2D eigenvalue weighted by atomic mass is 35.5. The summed E-state index contributed by atoms with van der Waals surface area (Å²) in [6.07, 6.45) is 0.171. The standard InChI is InChI=1S/C22H17ClN4O2S2/c1-13(28)24-17-8-4-14(5-9-17)19-12-31-22(26-19)27-20(29)10-18-11-30-21(25-18)15-2-6-16(23)7-3-15/h2-9,11-12H,10H2,1H3,(H,24,28)(H,26,27,29). The Labute approximate surface area is 192 Å². The third kappa shape index (κ3) is 5.55. The summed E-state index contributed by atoms with van der Waals surface area (Å²) in [7, 11) is 0. The minimum absolute atomic E-state index is 0.119. The Kier molecular flexibility index (Phi) is 6.41. The second-order valence-corrected chi connectivity index (χ2v) is 8.82. The van der Waals surface area contributed by atoms with Gasteiger partial charge in [0.25, 0.3) is 0 Å². The SMILES string of the molecule is CC(=O)Nc1ccc(-c2csc(NC(=O)Cc3csc(-c4ccc(Cl)cc4)n3)n2)cc1. The average Bonchev–Trinajstić information content (AvgIpc) is 3.38. The first-order chi connectivity index (χ1) is 15.0. The molecule has 4 rings (SSSR count). The monoisotopic (exact) mass is 468 g/mol. The molecule has 0 unspecified atom stereocenters. The molecule has 2 N–H and O–H groups in total. The fourth-order valence-corrected chi connectivity index (χ4v) is 4.52. The molecule has 31 heavy (non-hydrogen) atoms. The van der Waals surface area contributed by atoms with Gasteiger partial charge in [0.1, 0.15) is 5.01 Å². The van der Waals surface area contributed by atoms with Gasteiger partial charge in [-0.25, -0.2) is 9.97 Å². The Morgan fingerprint density at radius 1 is 0.903 bits per heavy atom. The molecule has 2 amide bonds. The smallest absolute Gasteiger partial charge is 0.232 e. The van der Waals surface area contributed by atoms with E-state index in [1.165, 1.54) is 29.6 Å². The van der Waals surface area contributed by atoms with E-state index in [4.69, 9.17) is 11.6 Å². The highest BCUT2D eigenvalue weighted by molar-refractivity contribution is 7.14. The van der Waals surface area contributed by atoms with Gasteiger partial charge in [-0.1, -0.05) is 35.9 Å². The minimum atomic E-state index is -0.171. The van der Waals surface area contributed by atoms with Crippen molar-refractivity contribution >= 4 is 56.9 Å². The predicted molar refractivity (Wildman–Crippen MR) is 127 cm³/mol. The van der Waals surface area contributed by atoms with Gasteiger partial charge in [0.05, 0.1) is 17.8 Å². The molecule has 0 aliphatic heterocycles. The van der Waals surface area contributed by atoms with E-state index in [0.717, 1.165) is 27.5 Å². The molecule has 4 aromatic rings. The van der Waals surface area contributed by atoms with Crippen molar-refractivity contribution in [2.24, 2.45) is 0 Å². The van der Waals surface area contributed by atoms with Crippen LogP contribution in [-0.4, -0.2) is 21.8 Å². The van der Waals surface area contributed by atoms with Crippen LogP contribution >= 0.6 is 34.3 Å². The second kappa shape index (κ2) is 9.38. The van der Waals surface area contributed by atoms with E-state index < -0.39 is 0 Å². The summed E-state index contributed by atoms with van der Waals surface area (Å²) in [6.45, 7) is 1.47. The van der Waals surface area contributed by atoms with Gasteiger partial charge in [-0.05, 0) is 24.3 Å². The molecule has 6 nitrogen and oxygen atoms in total. The molecule has 0 fully saturated rings. The Morgan fingerprint density at radius 3 is 2.32 bits per heavy atom. The summed E-state index contributed by atoms with van der Waals surface area (Å²) < 4.78 is 0. The average molecular weight is 469 g/mol. The quantitative estimate of drug-likeness (QED) is 0.378. The summed E-state index contributed by atoms with van der Waals surface area (Å²) in [4.78, 5) is 32.6. The number of nitrogens with zero attached hydrogens (tertiary/aromatic N) is 2. The number of benzene rings is 2. The van der Waals surface area contributed by atoms with Crippen LogP contribution < -0.4 is 10.6 Å². The fourth-order valence-electron chi connectivity index (χ4n) is 2.83. The number of carbonyl (C=O) groups is 2.